The normalized spacial score (nSPS) is 10.2. The summed E-state index contributed by atoms with van der Waals surface area (Å²) in [4.78, 5) is 3.30. The molecule has 0 aliphatic rings. The minimum absolute atomic E-state index is 0.0606. The zero-order valence-corrected chi connectivity index (χ0v) is 7.95. The Morgan fingerprint density at radius 3 is 2.19 bits per heavy atom. The molecule has 1 aromatic carbocycles. The van der Waals surface area contributed by atoms with E-state index in [0.29, 0.717) is 0 Å². The Hall–Kier alpha value is -2.04. The number of hydrogen-bond donors (Lipinski definition) is 0. The van der Waals surface area contributed by atoms with Gasteiger partial charge in [-0.3, -0.25) is 0 Å². The van der Waals surface area contributed by atoms with E-state index in [9.17, 15) is 13.2 Å². The molecule has 5 heteroatoms. The minimum Gasteiger partial charge on any atom is -0.450 e. The van der Waals surface area contributed by atoms with Crippen molar-refractivity contribution in [1.29, 1.82) is 0 Å². The number of hydrogen-bond acceptors (Lipinski definition) is 2. The summed E-state index contributed by atoms with van der Waals surface area (Å²) in [6, 6.07) is 5.62. The molecule has 2 rings (SSSR count). The zero-order chi connectivity index (χ0) is 11.5. The maximum absolute atomic E-state index is 13.2. The van der Waals surface area contributed by atoms with Gasteiger partial charge in [0.25, 0.3) is 0 Å². The molecule has 1 heterocycles. The van der Waals surface area contributed by atoms with Crippen LogP contribution in [-0.4, -0.2) is 4.98 Å². The van der Waals surface area contributed by atoms with Crippen molar-refractivity contribution >= 4 is 0 Å². The molecule has 16 heavy (non-hydrogen) atoms. The van der Waals surface area contributed by atoms with Crippen LogP contribution in [-0.2, 0) is 0 Å². The number of benzene rings is 1. The van der Waals surface area contributed by atoms with Crippen molar-refractivity contribution < 1.29 is 17.9 Å². The summed E-state index contributed by atoms with van der Waals surface area (Å²) < 4.78 is 43.7. The fourth-order valence-electron chi connectivity index (χ4n) is 1.12. The molecule has 82 valence electrons. The van der Waals surface area contributed by atoms with E-state index in [0.717, 1.165) is 24.4 Å². The summed E-state index contributed by atoms with van der Waals surface area (Å²) in [5.41, 5.74) is 0. The summed E-state index contributed by atoms with van der Waals surface area (Å²) >= 11 is 0. The van der Waals surface area contributed by atoms with Crippen LogP contribution in [0.2, 0.25) is 0 Å². The maximum atomic E-state index is 13.2. The average Bonchev–Trinajstić information content (AvgIpc) is 2.26. The second kappa shape index (κ2) is 4.22. The van der Waals surface area contributed by atoms with Crippen molar-refractivity contribution in [2.24, 2.45) is 0 Å². The third-order valence-electron chi connectivity index (χ3n) is 1.84. The van der Waals surface area contributed by atoms with Gasteiger partial charge >= 0.3 is 0 Å². The lowest BCUT2D eigenvalue weighted by Crippen LogP contribution is -1.93. The first kappa shape index (κ1) is 10.5. The van der Waals surface area contributed by atoms with Crippen LogP contribution in [0, 0.1) is 17.6 Å². The van der Waals surface area contributed by atoms with E-state index in [1.807, 2.05) is 0 Å². The number of halogens is 3. The number of rotatable bonds is 2. The Bertz CT molecular complexity index is 479. The van der Waals surface area contributed by atoms with E-state index < -0.39 is 23.3 Å². The van der Waals surface area contributed by atoms with Crippen LogP contribution in [0.5, 0.6) is 11.5 Å². The summed E-state index contributed by atoms with van der Waals surface area (Å²) in [6.45, 7) is 0. The molecule has 0 bridgehead atoms. The molecule has 1 aromatic heterocycles. The standard InChI is InChI=1S/C11H6F3NO/c12-8-2-1-3-9(13)11(8)16-7-4-5-10(14)15-6-7/h1-6H. The van der Waals surface area contributed by atoms with Crippen LogP contribution in [0.1, 0.15) is 0 Å². The topological polar surface area (TPSA) is 22.1 Å². The summed E-state index contributed by atoms with van der Waals surface area (Å²) in [6.07, 6.45) is 1.04. The highest BCUT2D eigenvalue weighted by Gasteiger charge is 2.10. The molecule has 0 atom stereocenters. The van der Waals surface area contributed by atoms with E-state index in [2.05, 4.69) is 4.98 Å². The zero-order valence-electron chi connectivity index (χ0n) is 7.95. The Morgan fingerprint density at radius 2 is 1.62 bits per heavy atom. The highest BCUT2D eigenvalue weighted by atomic mass is 19.1. The van der Waals surface area contributed by atoms with Crippen molar-refractivity contribution in [2.75, 3.05) is 0 Å². The highest BCUT2D eigenvalue weighted by Crippen LogP contribution is 2.26. The molecule has 0 fully saturated rings. The lowest BCUT2D eigenvalue weighted by atomic mass is 10.3. The molecule has 0 saturated carbocycles. The van der Waals surface area contributed by atoms with Gasteiger partial charge in [0.1, 0.15) is 5.75 Å². The summed E-state index contributed by atoms with van der Waals surface area (Å²) in [5, 5.41) is 0. The molecular weight excluding hydrogens is 219 g/mol. The van der Waals surface area contributed by atoms with Gasteiger partial charge in [-0.2, -0.15) is 4.39 Å². The van der Waals surface area contributed by atoms with E-state index in [4.69, 9.17) is 4.74 Å². The van der Waals surface area contributed by atoms with E-state index in [-0.39, 0.29) is 5.75 Å². The van der Waals surface area contributed by atoms with Gasteiger partial charge in [-0.15, -0.1) is 0 Å². The van der Waals surface area contributed by atoms with Crippen molar-refractivity contribution in [3.05, 3.63) is 54.1 Å². The molecule has 2 nitrogen and oxygen atoms in total. The van der Waals surface area contributed by atoms with E-state index in [1.54, 1.807) is 0 Å². The Kier molecular flexibility index (Phi) is 2.76. The predicted molar refractivity (Wildman–Crippen MR) is 50.6 cm³/mol. The number of ether oxygens (including phenoxy) is 1. The van der Waals surface area contributed by atoms with Crippen molar-refractivity contribution in [2.45, 2.75) is 0 Å². The molecule has 2 aromatic rings. The monoisotopic (exact) mass is 225 g/mol. The fraction of sp³-hybridized carbons (Fsp3) is 0. The quantitative estimate of drug-likeness (QED) is 0.731. The highest BCUT2D eigenvalue weighted by molar-refractivity contribution is 5.31. The smallest absolute Gasteiger partial charge is 0.213 e. The minimum atomic E-state index is -0.829. The van der Waals surface area contributed by atoms with Crippen LogP contribution in [0.15, 0.2) is 36.5 Å². The van der Waals surface area contributed by atoms with Gasteiger partial charge in [0, 0.05) is 0 Å². The summed E-state index contributed by atoms with van der Waals surface area (Å²) in [5.74, 6) is -2.82. The molecule has 0 unspecified atom stereocenters. The first-order valence-corrected chi connectivity index (χ1v) is 4.40. The van der Waals surface area contributed by atoms with Crippen LogP contribution in [0.25, 0.3) is 0 Å². The molecule has 0 spiro atoms. The maximum Gasteiger partial charge on any atom is 0.213 e. The van der Waals surface area contributed by atoms with Crippen LogP contribution in [0.4, 0.5) is 13.2 Å². The lowest BCUT2D eigenvalue weighted by molar-refractivity contribution is 0.404. The van der Waals surface area contributed by atoms with Gasteiger partial charge in [0.2, 0.25) is 5.95 Å². The van der Waals surface area contributed by atoms with Gasteiger partial charge in [0.15, 0.2) is 17.4 Å². The van der Waals surface area contributed by atoms with Crippen LogP contribution >= 0.6 is 0 Å². The number of aromatic nitrogens is 1. The predicted octanol–water partition coefficient (Wildman–Crippen LogP) is 3.29. The van der Waals surface area contributed by atoms with E-state index in [1.165, 1.54) is 12.1 Å². The molecule has 0 saturated heterocycles. The van der Waals surface area contributed by atoms with Crippen molar-refractivity contribution in [3.63, 3.8) is 0 Å². The van der Waals surface area contributed by atoms with Gasteiger partial charge < -0.3 is 4.74 Å². The second-order valence-corrected chi connectivity index (χ2v) is 2.97. The first-order chi connectivity index (χ1) is 7.66. The average molecular weight is 225 g/mol. The molecule has 0 aliphatic carbocycles. The lowest BCUT2D eigenvalue weighted by Gasteiger charge is -2.06. The molecule has 0 N–H and O–H groups in total. The van der Waals surface area contributed by atoms with Crippen molar-refractivity contribution in [1.82, 2.24) is 4.98 Å². The molecule has 0 amide bonds. The Labute approximate surface area is 89.3 Å². The third-order valence-corrected chi connectivity index (χ3v) is 1.84. The Morgan fingerprint density at radius 1 is 0.938 bits per heavy atom. The number of nitrogens with zero attached hydrogens (tertiary/aromatic N) is 1. The number of para-hydroxylation sites is 1. The second-order valence-electron chi connectivity index (χ2n) is 2.97. The third kappa shape index (κ3) is 2.13. The molecule has 0 radical (unpaired) electrons. The van der Waals surface area contributed by atoms with Gasteiger partial charge in [-0.05, 0) is 24.3 Å². The number of pyridine rings is 1. The van der Waals surface area contributed by atoms with Gasteiger partial charge in [-0.25, -0.2) is 13.8 Å². The molecule has 0 aliphatic heterocycles. The van der Waals surface area contributed by atoms with Crippen LogP contribution in [0.3, 0.4) is 0 Å². The van der Waals surface area contributed by atoms with Gasteiger partial charge in [-0.1, -0.05) is 6.07 Å². The Balaban J connectivity index is 2.30. The first-order valence-electron chi connectivity index (χ1n) is 4.40. The fourth-order valence-corrected chi connectivity index (χ4v) is 1.12. The van der Waals surface area contributed by atoms with E-state index >= 15 is 0 Å². The summed E-state index contributed by atoms with van der Waals surface area (Å²) in [7, 11) is 0. The van der Waals surface area contributed by atoms with Crippen molar-refractivity contribution in [3.8, 4) is 11.5 Å². The largest absolute Gasteiger partial charge is 0.450 e. The SMILES string of the molecule is Fc1ccc(Oc2c(F)cccc2F)cn1. The molecular formula is C11H6F3NO. The van der Waals surface area contributed by atoms with Gasteiger partial charge in [0.05, 0.1) is 6.20 Å². The van der Waals surface area contributed by atoms with Crippen LogP contribution < -0.4 is 4.74 Å².